The summed E-state index contributed by atoms with van der Waals surface area (Å²) in [5.41, 5.74) is 7.40. The minimum atomic E-state index is -0.495. The molecule has 0 atom stereocenters. The Kier molecular flexibility index (Phi) is 2.14. The van der Waals surface area contributed by atoms with Crippen molar-refractivity contribution in [3.8, 4) is 11.1 Å². The van der Waals surface area contributed by atoms with E-state index < -0.39 is 5.95 Å². The Morgan fingerprint density at radius 3 is 2.43 bits per heavy atom. The van der Waals surface area contributed by atoms with E-state index in [0.29, 0.717) is 16.8 Å². The lowest BCUT2D eigenvalue weighted by molar-refractivity contribution is 0.587. The molecule has 0 fully saturated rings. The number of rotatable bonds is 1. The molecule has 0 aliphatic heterocycles. The van der Waals surface area contributed by atoms with Crippen LogP contribution < -0.4 is 5.73 Å². The van der Waals surface area contributed by atoms with E-state index in [1.807, 2.05) is 12.1 Å². The van der Waals surface area contributed by atoms with E-state index in [1.54, 1.807) is 24.3 Å². The van der Waals surface area contributed by atoms with E-state index in [4.69, 9.17) is 5.73 Å². The van der Waals surface area contributed by atoms with Crippen LogP contribution in [0.3, 0.4) is 0 Å². The van der Waals surface area contributed by atoms with Crippen molar-refractivity contribution < 1.29 is 4.39 Å². The van der Waals surface area contributed by atoms with Crippen LogP contribution in [0.1, 0.15) is 0 Å². The lowest BCUT2D eigenvalue weighted by Crippen LogP contribution is -1.92. The molecule has 0 bridgehead atoms. The quantitative estimate of drug-likeness (QED) is 0.551. The minimum Gasteiger partial charge on any atom is -0.398 e. The van der Waals surface area contributed by atoms with Gasteiger partial charge in [0.2, 0.25) is 5.95 Å². The highest BCUT2D eigenvalue weighted by atomic mass is 19.1. The van der Waals surface area contributed by atoms with Gasteiger partial charge < -0.3 is 5.73 Å². The number of anilines is 1. The Balaban J connectivity index is 2.61. The number of nitrogens with two attached hydrogens (primary N) is 1. The molecule has 2 aromatic rings. The first-order chi connectivity index (χ1) is 6.79. The highest BCUT2D eigenvalue weighted by Crippen LogP contribution is 2.26. The van der Waals surface area contributed by atoms with Gasteiger partial charge in [-0.2, -0.15) is 4.39 Å². The second kappa shape index (κ2) is 3.46. The van der Waals surface area contributed by atoms with Crippen molar-refractivity contribution in [2.24, 2.45) is 0 Å². The molecular weight excluding hydrogens is 179 g/mol. The maximum Gasteiger partial charge on any atom is 0.220 e. The lowest BCUT2D eigenvalue weighted by atomic mass is 10.1. The topological polar surface area (TPSA) is 38.9 Å². The average molecular weight is 188 g/mol. The van der Waals surface area contributed by atoms with Crippen molar-refractivity contribution in [3.05, 3.63) is 48.5 Å². The van der Waals surface area contributed by atoms with Gasteiger partial charge in [0.1, 0.15) is 0 Å². The van der Waals surface area contributed by atoms with Crippen molar-refractivity contribution in [2.45, 2.75) is 0 Å². The summed E-state index contributed by atoms with van der Waals surface area (Å²) in [5, 5.41) is 0. The van der Waals surface area contributed by atoms with Crippen molar-refractivity contribution in [1.29, 1.82) is 0 Å². The van der Waals surface area contributed by atoms with Crippen LogP contribution in [0.5, 0.6) is 0 Å². The Morgan fingerprint density at radius 1 is 1.00 bits per heavy atom. The average Bonchev–Trinajstić information content (AvgIpc) is 2.20. The third kappa shape index (κ3) is 1.44. The molecule has 0 saturated heterocycles. The third-order valence-corrected chi connectivity index (χ3v) is 2.01. The van der Waals surface area contributed by atoms with Crippen LogP contribution in [0.25, 0.3) is 11.1 Å². The van der Waals surface area contributed by atoms with Crippen LogP contribution in [-0.2, 0) is 0 Å². The lowest BCUT2D eigenvalue weighted by Gasteiger charge is -2.04. The molecule has 14 heavy (non-hydrogen) atoms. The van der Waals surface area contributed by atoms with Crippen LogP contribution in [-0.4, -0.2) is 4.98 Å². The first-order valence-electron chi connectivity index (χ1n) is 4.24. The van der Waals surface area contributed by atoms with Crippen molar-refractivity contribution >= 4 is 5.69 Å². The van der Waals surface area contributed by atoms with Gasteiger partial charge in [-0.1, -0.05) is 18.2 Å². The molecule has 0 aliphatic carbocycles. The molecule has 0 saturated carbocycles. The first-order valence-corrected chi connectivity index (χ1v) is 4.24. The molecule has 0 radical (unpaired) electrons. The summed E-state index contributed by atoms with van der Waals surface area (Å²) in [5.74, 6) is -0.495. The fourth-order valence-corrected chi connectivity index (χ4v) is 1.33. The first kappa shape index (κ1) is 8.69. The second-order valence-corrected chi connectivity index (χ2v) is 2.93. The number of benzene rings is 1. The van der Waals surface area contributed by atoms with Gasteiger partial charge in [-0.25, -0.2) is 4.98 Å². The zero-order valence-electron chi connectivity index (χ0n) is 7.44. The molecule has 70 valence electrons. The summed E-state index contributed by atoms with van der Waals surface area (Å²) in [6.45, 7) is 0. The van der Waals surface area contributed by atoms with Gasteiger partial charge in [0.25, 0.3) is 0 Å². The summed E-state index contributed by atoms with van der Waals surface area (Å²) in [4.78, 5) is 3.57. The normalized spacial score (nSPS) is 10.1. The van der Waals surface area contributed by atoms with Gasteiger partial charge in [0.05, 0.1) is 0 Å². The smallest absolute Gasteiger partial charge is 0.220 e. The maximum absolute atomic E-state index is 13.3. The molecule has 1 aromatic carbocycles. The minimum absolute atomic E-state index is 0.436. The molecular formula is C11H9FN2. The monoisotopic (exact) mass is 188 g/mol. The summed E-state index contributed by atoms with van der Waals surface area (Å²) in [6.07, 6.45) is 1.41. The van der Waals surface area contributed by atoms with Gasteiger partial charge >= 0.3 is 0 Å². The maximum atomic E-state index is 13.3. The van der Waals surface area contributed by atoms with Crippen LogP contribution in [0.2, 0.25) is 0 Å². The van der Waals surface area contributed by atoms with Gasteiger partial charge in [0, 0.05) is 23.0 Å². The van der Waals surface area contributed by atoms with Crippen LogP contribution in [0, 0.1) is 5.95 Å². The largest absolute Gasteiger partial charge is 0.398 e. The molecule has 2 nitrogen and oxygen atoms in total. The summed E-state index contributed by atoms with van der Waals surface area (Å²) < 4.78 is 13.3. The fourth-order valence-electron chi connectivity index (χ4n) is 1.33. The van der Waals surface area contributed by atoms with Crippen molar-refractivity contribution in [2.75, 3.05) is 5.73 Å². The number of halogens is 1. The highest BCUT2D eigenvalue weighted by Gasteiger charge is 2.06. The van der Waals surface area contributed by atoms with E-state index >= 15 is 0 Å². The number of para-hydroxylation sites is 1. The van der Waals surface area contributed by atoms with Crippen molar-refractivity contribution in [3.63, 3.8) is 0 Å². The zero-order valence-corrected chi connectivity index (χ0v) is 7.44. The second-order valence-electron chi connectivity index (χ2n) is 2.93. The van der Waals surface area contributed by atoms with E-state index in [1.165, 1.54) is 6.20 Å². The van der Waals surface area contributed by atoms with Crippen LogP contribution >= 0.6 is 0 Å². The number of pyridine rings is 1. The SMILES string of the molecule is Nc1ccccc1-c1cccnc1F. The Bertz CT molecular complexity index is 411. The standard InChI is InChI=1S/C11H9FN2/c12-11-9(5-3-7-14-11)8-4-1-2-6-10(8)13/h1-7H,13H2. The van der Waals surface area contributed by atoms with Crippen LogP contribution in [0.15, 0.2) is 42.6 Å². The molecule has 1 heterocycles. The number of nitrogen functional groups attached to an aromatic ring is 1. The molecule has 0 spiro atoms. The molecule has 0 aliphatic rings. The Labute approximate surface area is 81.2 Å². The van der Waals surface area contributed by atoms with Crippen molar-refractivity contribution in [1.82, 2.24) is 4.98 Å². The highest BCUT2D eigenvalue weighted by molar-refractivity contribution is 5.75. The summed E-state index contributed by atoms with van der Waals surface area (Å²) in [6, 6.07) is 10.5. The van der Waals surface area contributed by atoms with Gasteiger partial charge in [0.15, 0.2) is 0 Å². The summed E-state index contributed by atoms with van der Waals surface area (Å²) >= 11 is 0. The van der Waals surface area contributed by atoms with Gasteiger partial charge in [-0.05, 0) is 18.2 Å². The van der Waals surface area contributed by atoms with Gasteiger partial charge in [-0.3, -0.25) is 0 Å². The molecule has 1 aromatic heterocycles. The number of aromatic nitrogens is 1. The van der Waals surface area contributed by atoms with Gasteiger partial charge in [-0.15, -0.1) is 0 Å². The van der Waals surface area contributed by atoms with E-state index in [0.717, 1.165) is 0 Å². The van der Waals surface area contributed by atoms with E-state index in [-0.39, 0.29) is 0 Å². The number of hydrogen-bond donors (Lipinski definition) is 1. The number of nitrogens with zero attached hydrogens (tertiary/aromatic N) is 1. The molecule has 2 rings (SSSR count). The predicted molar refractivity (Wildman–Crippen MR) is 54.0 cm³/mol. The third-order valence-electron chi connectivity index (χ3n) is 2.01. The molecule has 0 amide bonds. The Hall–Kier alpha value is -1.90. The zero-order chi connectivity index (χ0) is 9.97. The van der Waals surface area contributed by atoms with E-state index in [2.05, 4.69) is 4.98 Å². The van der Waals surface area contributed by atoms with E-state index in [9.17, 15) is 4.39 Å². The fraction of sp³-hybridized carbons (Fsp3) is 0. The molecule has 2 N–H and O–H groups in total. The molecule has 0 unspecified atom stereocenters. The predicted octanol–water partition coefficient (Wildman–Crippen LogP) is 2.47. The summed E-state index contributed by atoms with van der Waals surface area (Å²) in [7, 11) is 0. The van der Waals surface area contributed by atoms with Crippen LogP contribution in [0.4, 0.5) is 10.1 Å². The number of hydrogen-bond acceptors (Lipinski definition) is 2. The Morgan fingerprint density at radius 2 is 1.71 bits per heavy atom. The molecule has 3 heteroatoms.